The van der Waals surface area contributed by atoms with Crippen LogP contribution in [0.15, 0.2) is 47.3 Å². The molecule has 0 aliphatic rings. The zero-order valence-corrected chi connectivity index (χ0v) is 18.9. The first-order valence-corrected chi connectivity index (χ1v) is 10.5. The number of halogens is 1. The molecule has 0 bridgehead atoms. The SMILES string of the molecule is Cc1cc(OCC(=O)c2c(C)c(C#N)c(=O)n(CCc3ccccc3)c2O)cc(C)c1Cl. The average Bonchev–Trinajstić information content (AvgIpc) is 2.76. The fourth-order valence-electron chi connectivity index (χ4n) is 3.59. The highest BCUT2D eigenvalue weighted by molar-refractivity contribution is 6.32. The normalized spacial score (nSPS) is 10.6. The molecule has 0 fully saturated rings. The fourth-order valence-corrected chi connectivity index (χ4v) is 3.70. The van der Waals surface area contributed by atoms with E-state index < -0.39 is 17.2 Å². The highest BCUT2D eigenvalue weighted by Gasteiger charge is 2.24. The number of carbonyl (C=O) groups excluding carboxylic acids is 1. The first kappa shape index (κ1) is 23.1. The van der Waals surface area contributed by atoms with Gasteiger partial charge in [-0.2, -0.15) is 5.26 Å². The number of ether oxygens (including phenoxy) is 1. The van der Waals surface area contributed by atoms with Crippen LogP contribution in [-0.4, -0.2) is 22.1 Å². The molecule has 2 aromatic carbocycles. The number of nitriles is 1. The van der Waals surface area contributed by atoms with Gasteiger partial charge in [-0.1, -0.05) is 41.9 Å². The number of pyridine rings is 1. The fraction of sp³-hybridized carbons (Fsp3) is 0.240. The summed E-state index contributed by atoms with van der Waals surface area (Å²) in [7, 11) is 0. The van der Waals surface area contributed by atoms with Crippen molar-refractivity contribution >= 4 is 17.4 Å². The van der Waals surface area contributed by atoms with Crippen LogP contribution >= 0.6 is 11.6 Å². The van der Waals surface area contributed by atoms with Gasteiger partial charge < -0.3 is 9.84 Å². The van der Waals surface area contributed by atoms with Gasteiger partial charge in [0.15, 0.2) is 6.61 Å². The number of hydrogen-bond acceptors (Lipinski definition) is 5. The number of carbonyl (C=O) groups is 1. The number of aromatic nitrogens is 1. The Hall–Kier alpha value is -3.56. The molecule has 0 radical (unpaired) electrons. The van der Waals surface area contributed by atoms with Crippen molar-refractivity contribution in [3.63, 3.8) is 0 Å². The van der Waals surface area contributed by atoms with Crippen molar-refractivity contribution in [2.24, 2.45) is 0 Å². The summed E-state index contributed by atoms with van der Waals surface area (Å²) in [5, 5.41) is 20.9. The molecule has 0 atom stereocenters. The van der Waals surface area contributed by atoms with E-state index in [4.69, 9.17) is 16.3 Å². The molecule has 0 aliphatic carbocycles. The van der Waals surface area contributed by atoms with Crippen molar-refractivity contribution in [3.8, 4) is 17.7 Å². The smallest absolute Gasteiger partial charge is 0.271 e. The molecule has 7 heteroatoms. The second-order valence-electron chi connectivity index (χ2n) is 7.59. The second kappa shape index (κ2) is 9.71. The predicted molar refractivity (Wildman–Crippen MR) is 123 cm³/mol. The van der Waals surface area contributed by atoms with Gasteiger partial charge in [0.25, 0.3) is 5.56 Å². The lowest BCUT2D eigenvalue weighted by atomic mass is 10.0. The van der Waals surface area contributed by atoms with E-state index in [0.29, 0.717) is 17.2 Å². The monoisotopic (exact) mass is 450 g/mol. The van der Waals surface area contributed by atoms with Gasteiger partial charge in [-0.3, -0.25) is 14.2 Å². The zero-order chi connectivity index (χ0) is 23.4. The zero-order valence-electron chi connectivity index (χ0n) is 18.1. The molecular weight excluding hydrogens is 428 g/mol. The summed E-state index contributed by atoms with van der Waals surface area (Å²) >= 11 is 6.17. The third-order valence-corrected chi connectivity index (χ3v) is 5.92. The number of ketones is 1. The molecule has 0 spiro atoms. The number of aryl methyl sites for hydroxylation is 3. The summed E-state index contributed by atoms with van der Waals surface area (Å²) in [4.78, 5) is 25.7. The Labute approximate surface area is 191 Å². The Balaban J connectivity index is 1.92. The number of rotatable bonds is 7. The topological polar surface area (TPSA) is 92.3 Å². The van der Waals surface area contributed by atoms with Crippen LogP contribution in [-0.2, 0) is 13.0 Å². The number of benzene rings is 2. The third kappa shape index (κ3) is 4.68. The van der Waals surface area contributed by atoms with Gasteiger partial charge in [-0.15, -0.1) is 0 Å². The highest BCUT2D eigenvalue weighted by Crippen LogP contribution is 2.27. The van der Waals surface area contributed by atoms with Gasteiger partial charge in [0.1, 0.15) is 17.4 Å². The molecule has 3 aromatic rings. The standard InChI is InChI=1S/C25H23ClN2O4/c1-15-11-19(12-16(2)23(15)26)32-14-21(29)22-17(3)20(13-27)24(30)28(25(22)31)10-9-18-7-5-4-6-8-18/h4-8,11-12,31H,9-10,14H2,1-3H3. The molecule has 0 unspecified atom stereocenters. The van der Waals surface area contributed by atoms with Crippen molar-refractivity contribution < 1.29 is 14.6 Å². The molecule has 164 valence electrons. The van der Waals surface area contributed by atoms with Crippen LogP contribution in [0.25, 0.3) is 0 Å². The van der Waals surface area contributed by atoms with Gasteiger partial charge in [0.2, 0.25) is 11.7 Å². The quantitative estimate of drug-likeness (QED) is 0.534. The van der Waals surface area contributed by atoms with E-state index in [1.54, 1.807) is 12.1 Å². The Morgan fingerprint density at radius 2 is 1.78 bits per heavy atom. The molecule has 1 heterocycles. The molecule has 1 N–H and O–H groups in total. The summed E-state index contributed by atoms with van der Waals surface area (Å²) in [5.41, 5.74) is 1.85. The van der Waals surface area contributed by atoms with E-state index in [0.717, 1.165) is 21.3 Å². The number of aromatic hydroxyl groups is 1. The first-order valence-electron chi connectivity index (χ1n) is 10.1. The van der Waals surface area contributed by atoms with Crippen LogP contribution in [0.1, 0.15) is 38.2 Å². The van der Waals surface area contributed by atoms with Crippen molar-refractivity contribution in [3.05, 3.63) is 91.2 Å². The Bertz CT molecular complexity index is 1250. The minimum absolute atomic E-state index is 0.0865. The maximum Gasteiger partial charge on any atom is 0.271 e. The van der Waals surface area contributed by atoms with Crippen molar-refractivity contribution in [2.45, 2.75) is 33.7 Å². The molecule has 0 saturated carbocycles. The van der Waals surface area contributed by atoms with E-state index in [2.05, 4.69) is 0 Å². The second-order valence-corrected chi connectivity index (χ2v) is 7.96. The molecule has 0 amide bonds. The van der Waals surface area contributed by atoms with Crippen LogP contribution in [0, 0.1) is 32.1 Å². The lowest BCUT2D eigenvalue weighted by Gasteiger charge is -2.16. The summed E-state index contributed by atoms with van der Waals surface area (Å²) in [5.74, 6) is -0.525. The average molecular weight is 451 g/mol. The van der Waals surface area contributed by atoms with Crippen LogP contribution in [0.2, 0.25) is 5.02 Å². The Morgan fingerprint density at radius 1 is 1.16 bits per heavy atom. The van der Waals surface area contributed by atoms with Crippen molar-refractivity contribution in [2.75, 3.05) is 6.61 Å². The molecule has 6 nitrogen and oxygen atoms in total. The molecule has 0 saturated heterocycles. The molecular formula is C25H23ClN2O4. The van der Waals surface area contributed by atoms with E-state index in [9.17, 15) is 20.0 Å². The molecule has 1 aromatic heterocycles. The Kier molecular flexibility index (Phi) is 7.01. The summed E-state index contributed by atoms with van der Waals surface area (Å²) in [6.07, 6.45) is 0.454. The molecule has 0 aliphatic heterocycles. The van der Waals surface area contributed by atoms with E-state index >= 15 is 0 Å². The van der Waals surface area contributed by atoms with Crippen LogP contribution in [0.4, 0.5) is 0 Å². The van der Waals surface area contributed by atoms with Crippen LogP contribution in [0.3, 0.4) is 0 Å². The predicted octanol–water partition coefficient (Wildman–Crippen LogP) is 4.51. The molecule has 32 heavy (non-hydrogen) atoms. The van der Waals surface area contributed by atoms with Gasteiger partial charge in [-0.05, 0) is 61.6 Å². The van der Waals surface area contributed by atoms with Crippen molar-refractivity contribution in [1.29, 1.82) is 5.26 Å². The van der Waals surface area contributed by atoms with Crippen molar-refractivity contribution in [1.82, 2.24) is 4.57 Å². The Morgan fingerprint density at radius 3 is 2.38 bits per heavy atom. The van der Waals surface area contributed by atoms with E-state index in [1.807, 2.05) is 50.2 Å². The molecule has 3 rings (SSSR count). The van der Waals surface area contributed by atoms with Crippen LogP contribution < -0.4 is 10.3 Å². The highest BCUT2D eigenvalue weighted by atomic mass is 35.5. The van der Waals surface area contributed by atoms with Gasteiger partial charge in [0, 0.05) is 11.6 Å². The van der Waals surface area contributed by atoms with E-state index in [1.165, 1.54) is 6.92 Å². The van der Waals surface area contributed by atoms with Gasteiger partial charge in [0.05, 0.1) is 5.56 Å². The number of Topliss-reactive ketones (excluding diaryl/α,β-unsaturated/α-hetero) is 1. The summed E-state index contributed by atoms with van der Waals surface area (Å²) in [6.45, 7) is 4.91. The van der Waals surface area contributed by atoms with Crippen LogP contribution in [0.5, 0.6) is 11.6 Å². The largest absolute Gasteiger partial charge is 0.494 e. The first-order chi connectivity index (χ1) is 15.2. The van der Waals surface area contributed by atoms with Gasteiger partial charge in [-0.25, -0.2) is 0 Å². The lowest BCUT2D eigenvalue weighted by molar-refractivity contribution is 0.0916. The summed E-state index contributed by atoms with van der Waals surface area (Å²) in [6, 6.07) is 14.7. The number of hydrogen-bond donors (Lipinski definition) is 1. The third-order valence-electron chi connectivity index (χ3n) is 5.33. The maximum atomic E-state index is 13.0. The minimum Gasteiger partial charge on any atom is -0.494 e. The maximum absolute atomic E-state index is 13.0. The minimum atomic E-state index is -0.625. The van der Waals surface area contributed by atoms with Gasteiger partial charge >= 0.3 is 0 Å². The van der Waals surface area contributed by atoms with E-state index in [-0.39, 0.29) is 29.8 Å². The summed E-state index contributed by atoms with van der Waals surface area (Å²) < 4.78 is 6.70. The number of nitrogens with zero attached hydrogens (tertiary/aromatic N) is 2. The lowest BCUT2D eigenvalue weighted by Crippen LogP contribution is -2.28.